The van der Waals surface area contributed by atoms with Gasteiger partial charge >= 0.3 is 0 Å². The zero-order chi connectivity index (χ0) is 11.6. The monoisotopic (exact) mass is 221 g/mol. The van der Waals surface area contributed by atoms with Gasteiger partial charge in [-0.3, -0.25) is 4.68 Å². The van der Waals surface area contributed by atoms with Crippen molar-refractivity contribution < 1.29 is 0 Å². The number of rotatable bonds is 6. The van der Waals surface area contributed by atoms with Crippen molar-refractivity contribution in [3.63, 3.8) is 0 Å². The summed E-state index contributed by atoms with van der Waals surface area (Å²) in [6, 6.07) is 0.489. The molecule has 1 fully saturated rings. The molecule has 2 rings (SSSR count). The summed E-state index contributed by atoms with van der Waals surface area (Å²) in [4.78, 5) is 0. The van der Waals surface area contributed by atoms with Crippen molar-refractivity contribution in [1.29, 1.82) is 0 Å². The van der Waals surface area contributed by atoms with Gasteiger partial charge in [-0.2, -0.15) is 5.10 Å². The Bertz CT molecular complexity index is 339. The van der Waals surface area contributed by atoms with Crippen molar-refractivity contribution in [2.45, 2.75) is 52.6 Å². The second kappa shape index (κ2) is 4.58. The van der Waals surface area contributed by atoms with Crippen LogP contribution < -0.4 is 5.32 Å². The van der Waals surface area contributed by atoms with Crippen molar-refractivity contribution in [1.82, 2.24) is 15.1 Å². The smallest absolute Gasteiger partial charge is 0.0537 e. The third kappa shape index (κ3) is 2.29. The van der Waals surface area contributed by atoms with Crippen LogP contribution in [0.15, 0.2) is 12.4 Å². The molecule has 1 aliphatic rings. The lowest BCUT2D eigenvalue weighted by Crippen LogP contribution is -2.27. The predicted octanol–water partition coefficient (Wildman–Crippen LogP) is 2.74. The number of hydrogen-bond donors (Lipinski definition) is 1. The summed E-state index contributed by atoms with van der Waals surface area (Å²) in [7, 11) is 0. The molecular formula is C13H23N3. The van der Waals surface area contributed by atoms with Gasteiger partial charge < -0.3 is 5.32 Å². The van der Waals surface area contributed by atoms with Crippen LogP contribution >= 0.6 is 0 Å². The maximum atomic E-state index is 4.43. The van der Waals surface area contributed by atoms with Crippen molar-refractivity contribution in [2.75, 3.05) is 6.54 Å². The standard InChI is InChI=1S/C13H23N3/c1-4-8-16-10-11(9-15-16)12(14-5-2)13(3)6-7-13/h9-10,12,14H,4-8H2,1-3H3. The van der Waals surface area contributed by atoms with Crippen molar-refractivity contribution in [3.8, 4) is 0 Å². The third-order valence-corrected chi connectivity index (χ3v) is 3.58. The van der Waals surface area contributed by atoms with Gasteiger partial charge in [0.1, 0.15) is 0 Å². The van der Waals surface area contributed by atoms with Crippen LogP contribution in [0.4, 0.5) is 0 Å². The number of aromatic nitrogens is 2. The van der Waals surface area contributed by atoms with Crippen LogP contribution in [0.3, 0.4) is 0 Å². The summed E-state index contributed by atoms with van der Waals surface area (Å²) in [6.45, 7) is 8.78. The van der Waals surface area contributed by atoms with Gasteiger partial charge in [-0.25, -0.2) is 0 Å². The van der Waals surface area contributed by atoms with E-state index < -0.39 is 0 Å². The molecule has 16 heavy (non-hydrogen) atoms. The van der Waals surface area contributed by atoms with Crippen molar-refractivity contribution in [2.24, 2.45) is 5.41 Å². The van der Waals surface area contributed by atoms with Crippen LogP contribution in [0, 0.1) is 5.41 Å². The molecule has 1 heterocycles. The molecule has 0 aliphatic heterocycles. The highest BCUT2D eigenvalue weighted by Crippen LogP contribution is 2.54. The van der Waals surface area contributed by atoms with E-state index in [1.54, 1.807) is 0 Å². The molecule has 1 saturated carbocycles. The van der Waals surface area contributed by atoms with Crippen LogP contribution in [-0.4, -0.2) is 16.3 Å². The van der Waals surface area contributed by atoms with E-state index in [-0.39, 0.29) is 0 Å². The fraction of sp³-hybridized carbons (Fsp3) is 0.769. The second-order valence-corrected chi connectivity index (χ2v) is 5.18. The topological polar surface area (TPSA) is 29.9 Å². The normalized spacial score (nSPS) is 19.7. The summed E-state index contributed by atoms with van der Waals surface area (Å²) in [5.41, 5.74) is 1.83. The molecule has 1 N–H and O–H groups in total. The first-order chi connectivity index (χ1) is 7.69. The van der Waals surface area contributed by atoms with Crippen LogP contribution in [0.5, 0.6) is 0 Å². The number of nitrogens with zero attached hydrogens (tertiary/aromatic N) is 2. The van der Waals surface area contributed by atoms with E-state index in [9.17, 15) is 0 Å². The number of hydrogen-bond acceptors (Lipinski definition) is 2. The predicted molar refractivity (Wildman–Crippen MR) is 66.3 cm³/mol. The number of aryl methyl sites for hydroxylation is 1. The minimum Gasteiger partial charge on any atom is -0.310 e. The highest BCUT2D eigenvalue weighted by Gasteiger charge is 2.45. The summed E-state index contributed by atoms with van der Waals surface area (Å²) in [5.74, 6) is 0. The van der Waals surface area contributed by atoms with E-state index in [1.165, 1.54) is 18.4 Å². The second-order valence-electron chi connectivity index (χ2n) is 5.18. The third-order valence-electron chi connectivity index (χ3n) is 3.58. The molecule has 0 bridgehead atoms. The van der Waals surface area contributed by atoms with Crippen LogP contribution in [-0.2, 0) is 6.54 Å². The van der Waals surface area contributed by atoms with E-state index in [4.69, 9.17) is 0 Å². The largest absolute Gasteiger partial charge is 0.310 e. The van der Waals surface area contributed by atoms with E-state index in [2.05, 4.69) is 42.1 Å². The molecule has 1 unspecified atom stereocenters. The summed E-state index contributed by atoms with van der Waals surface area (Å²) in [5, 5.41) is 8.03. The maximum Gasteiger partial charge on any atom is 0.0537 e. The summed E-state index contributed by atoms with van der Waals surface area (Å²) >= 11 is 0. The van der Waals surface area contributed by atoms with Crippen molar-refractivity contribution >= 4 is 0 Å². The molecule has 1 atom stereocenters. The maximum absolute atomic E-state index is 4.43. The van der Waals surface area contributed by atoms with Crippen LogP contribution in [0.25, 0.3) is 0 Å². The summed E-state index contributed by atoms with van der Waals surface area (Å²) in [6.07, 6.45) is 8.06. The van der Waals surface area contributed by atoms with Gasteiger partial charge in [0.05, 0.1) is 6.20 Å². The molecular weight excluding hydrogens is 198 g/mol. The van der Waals surface area contributed by atoms with E-state index >= 15 is 0 Å². The Kier molecular flexibility index (Phi) is 3.33. The van der Waals surface area contributed by atoms with Gasteiger partial charge in [-0.15, -0.1) is 0 Å². The Morgan fingerprint density at radius 3 is 2.81 bits per heavy atom. The first kappa shape index (κ1) is 11.6. The average molecular weight is 221 g/mol. The molecule has 3 nitrogen and oxygen atoms in total. The molecule has 1 aromatic heterocycles. The zero-order valence-electron chi connectivity index (χ0n) is 10.7. The van der Waals surface area contributed by atoms with Crippen molar-refractivity contribution in [3.05, 3.63) is 18.0 Å². The first-order valence-corrected chi connectivity index (χ1v) is 6.45. The van der Waals surface area contributed by atoms with Gasteiger partial charge in [0.15, 0.2) is 0 Å². The Morgan fingerprint density at radius 2 is 2.25 bits per heavy atom. The van der Waals surface area contributed by atoms with Gasteiger partial charge in [-0.1, -0.05) is 20.8 Å². The molecule has 1 aromatic rings. The molecule has 0 spiro atoms. The Balaban J connectivity index is 2.12. The van der Waals surface area contributed by atoms with Gasteiger partial charge in [0.2, 0.25) is 0 Å². The lowest BCUT2D eigenvalue weighted by Gasteiger charge is -2.23. The fourth-order valence-corrected chi connectivity index (χ4v) is 2.34. The Labute approximate surface area is 98.2 Å². The van der Waals surface area contributed by atoms with Crippen LogP contribution in [0.2, 0.25) is 0 Å². The molecule has 90 valence electrons. The molecule has 0 amide bonds. The lowest BCUT2D eigenvalue weighted by molar-refractivity contribution is 0.373. The summed E-state index contributed by atoms with van der Waals surface area (Å²) < 4.78 is 2.06. The zero-order valence-corrected chi connectivity index (χ0v) is 10.7. The molecule has 3 heteroatoms. The van der Waals surface area contributed by atoms with Crippen LogP contribution in [0.1, 0.15) is 51.6 Å². The minimum absolute atomic E-state index is 0.468. The fourth-order valence-electron chi connectivity index (χ4n) is 2.34. The Morgan fingerprint density at radius 1 is 1.50 bits per heavy atom. The van der Waals surface area contributed by atoms with E-state index in [1.807, 2.05) is 6.20 Å². The molecule has 0 saturated heterocycles. The molecule has 1 aliphatic carbocycles. The average Bonchev–Trinajstić information content (AvgIpc) is 2.84. The van der Waals surface area contributed by atoms with E-state index in [0.29, 0.717) is 11.5 Å². The van der Waals surface area contributed by atoms with Gasteiger partial charge in [-0.05, 0) is 31.2 Å². The van der Waals surface area contributed by atoms with E-state index in [0.717, 1.165) is 19.5 Å². The van der Waals surface area contributed by atoms with Gasteiger partial charge in [0.25, 0.3) is 0 Å². The highest BCUT2D eigenvalue weighted by molar-refractivity contribution is 5.18. The SMILES string of the molecule is CCCn1cc(C(NCC)C2(C)CC2)cn1. The number of nitrogens with one attached hydrogen (secondary N) is 1. The quantitative estimate of drug-likeness (QED) is 0.800. The highest BCUT2D eigenvalue weighted by atomic mass is 15.3. The molecule has 0 radical (unpaired) electrons. The van der Waals surface area contributed by atoms with Gasteiger partial charge in [0, 0.05) is 24.3 Å². The minimum atomic E-state index is 0.468. The lowest BCUT2D eigenvalue weighted by atomic mass is 9.94. The first-order valence-electron chi connectivity index (χ1n) is 6.45. The Hall–Kier alpha value is -0.830. The molecule has 0 aromatic carbocycles.